The lowest BCUT2D eigenvalue weighted by molar-refractivity contribution is 0.702. The van der Waals surface area contributed by atoms with E-state index in [2.05, 4.69) is 9.97 Å². The van der Waals surface area contributed by atoms with Crippen LogP contribution in [0.5, 0.6) is 0 Å². The summed E-state index contributed by atoms with van der Waals surface area (Å²) in [5, 5.41) is 0.468. The molecule has 60 valence electrons. The van der Waals surface area contributed by atoms with Gasteiger partial charge in [-0.3, -0.25) is 0 Å². The standard InChI is InChI=1S/C7H10ClN3/c1-5(9)4-7-10-3-2-6(8)11-7/h2-3,5H,4,9H2,1H3. The van der Waals surface area contributed by atoms with E-state index in [0.717, 1.165) is 0 Å². The summed E-state index contributed by atoms with van der Waals surface area (Å²) in [6, 6.07) is 1.72. The van der Waals surface area contributed by atoms with E-state index in [1.165, 1.54) is 0 Å². The lowest BCUT2D eigenvalue weighted by Crippen LogP contribution is -2.19. The Morgan fingerprint density at radius 1 is 1.73 bits per heavy atom. The predicted molar refractivity (Wildman–Crippen MR) is 44.4 cm³/mol. The summed E-state index contributed by atoms with van der Waals surface area (Å²) in [5.74, 6) is 0.701. The third kappa shape index (κ3) is 2.82. The zero-order valence-electron chi connectivity index (χ0n) is 6.29. The second kappa shape index (κ2) is 3.64. The van der Waals surface area contributed by atoms with Crippen molar-refractivity contribution < 1.29 is 0 Å². The fraction of sp³-hybridized carbons (Fsp3) is 0.429. The molecular weight excluding hydrogens is 162 g/mol. The Bertz CT molecular complexity index is 237. The molecule has 1 atom stereocenters. The first-order valence-electron chi connectivity index (χ1n) is 3.41. The zero-order valence-corrected chi connectivity index (χ0v) is 7.04. The molecule has 4 heteroatoms. The minimum absolute atomic E-state index is 0.0773. The summed E-state index contributed by atoms with van der Waals surface area (Å²) in [7, 11) is 0. The summed E-state index contributed by atoms with van der Waals surface area (Å²) in [6.07, 6.45) is 2.30. The van der Waals surface area contributed by atoms with Crippen LogP contribution in [0.4, 0.5) is 0 Å². The summed E-state index contributed by atoms with van der Waals surface area (Å²) in [6.45, 7) is 1.91. The number of halogens is 1. The molecule has 0 spiro atoms. The van der Waals surface area contributed by atoms with Gasteiger partial charge in [0.1, 0.15) is 11.0 Å². The van der Waals surface area contributed by atoms with Crippen molar-refractivity contribution in [2.75, 3.05) is 0 Å². The van der Waals surface area contributed by atoms with Gasteiger partial charge in [0.25, 0.3) is 0 Å². The van der Waals surface area contributed by atoms with E-state index >= 15 is 0 Å². The Hall–Kier alpha value is -0.670. The molecule has 0 aliphatic heterocycles. The quantitative estimate of drug-likeness (QED) is 0.676. The molecule has 0 aliphatic carbocycles. The van der Waals surface area contributed by atoms with Crippen LogP contribution in [0.25, 0.3) is 0 Å². The van der Waals surface area contributed by atoms with Gasteiger partial charge in [-0.25, -0.2) is 9.97 Å². The lowest BCUT2D eigenvalue weighted by Gasteiger charge is -2.02. The van der Waals surface area contributed by atoms with E-state index in [1.54, 1.807) is 12.3 Å². The molecule has 0 fully saturated rings. The van der Waals surface area contributed by atoms with Gasteiger partial charge in [-0.15, -0.1) is 0 Å². The Balaban J connectivity index is 2.71. The van der Waals surface area contributed by atoms with Crippen molar-refractivity contribution in [3.63, 3.8) is 0 Å². The van der Waals surface area contributed by atoms with Crippen LogP contribution in [0.2, 0.25) is 5.15 Å². The van der Waals surface area contributed by atoms with Gasteiger partial charge in [-0.1, -0.05) is 11.6 Å². The molecule has 0 amide bonds. The maximum atomic E-state index is 5.64. The van der Waals surface area contributed by atoms with Crippen molar-refractivity contribution in [2.24, 2.45) is 5.73 Å². The third-order valence-corrected chi connectivity index (χ3v) is 1.39. The van der Waals surface area contributed by atoms with E-state index in [4.69, 9.17) is 17.3 Å². The minimum Gasteiger partial charge on any atom is -0.328 e. The van der Waals surface area contributed by atoms with Crippen molar-refractivity contribution in [1.29, 1.82) is 0 Å². The molecule has 0 saturated heterocycles. The Morgan fingerprint density at radius 3 is 3.00 bits per heavy atom. The average molecular weight is 172 g/mol. The van der Waals surface area contributed by atoms with Gasteiger partial charge < -0.3 is 5.73 Å². The molecule has 0 radical (unpaired) electrons. The Kier molecular flexibility index (Phi) is 2.79. The van der Waals surface area contributed by atoms with E-state index < -0.39 is 0 Å². The molecule has 0 aliphatic rings. The van der Waals surface area contributed by atoms with Crippen molar-refractivity contribution in [3.8, 4) is 0 Å². The summed E-state index contributed by atoms with van der Waals surface area (Å²) in [4.78, 5) is 7.99. The van der Waals surface area contributed by atoms with E-state index in [1.807, 2.05) is 6.92 Å². The van der Waals surface area contributed by atoms with Crippen molar-refractivity contribution >= 4 is 11.6 Å². The number of nitrogens with two attached hydrogens (primary N) is 1. The lowest BCUT2D eigenvalue weighted by atomic mass is 10.2. The maximum Gasteiger partial charge on any atom is 0.132 e. The second-order valence-corrected chi connectivity index (χ2v) is 2.86. The van der Waals surface area contributed by atoms with Gasteiger partial charge >= 0.3 is 0 Å². The number of aromatic nitrogens is 2. The SMILES string of the molecule is CC(N)Cc1nccc(Cl)n1. The molecule has 0 saturated carbocycles. The molecule has 1 unspecified atom stereocenters. The average Bonchev–Trinajstić information content (AvgIpc) is 1.85. The van der Waals surface area contributed by atoms with Crippen LogP contribution in [-0.2, 0) is 6.42 Å². The molecule has 3 nitrogen and oxygen atoms in total. The van der Waals surface area contributed by atoms with E-state index in [-0.39, 0.29) is 6.04 Å². The molecule has 0 aromatic carbocycles. The Labute approximate surface area is 70.6 Å². The number of rotatable bonds is 2. The molecule has 11 heavy (non-hydrogen) atoms. The van der Waals surface area contributed by atoms with Gasteiger partial charge in [-0.05, 0) is 13.0 Å². The first-order valence-corrected chi connectivity index (χ1v) is 3.79. The van der Waals surface area contributed by atoms with Gasteiger partial charge in [0.15, 0.2) is 0 Å². The zero-order chi connectivity index (χ0) is 8.27. The number of hydrogen-bond acceptors (Lipinski definition) is 3. The molecular formula is C7H10ClN3. The molecule has 1 aromatic rings. The van der Waals surface area contributed by atoms with Crippen LogP contribution in [0.3, 0.4) is 0 Å². The number of nitrogens with zero attached hydrogens (tertiary/aromatic N) is 2. The summed E-state index contributed by atoms with van der Waals surface area (Å²) >= 11 is 5.64. The van der Waals surface area contributed by atoms with Crippen molar-refractivity contribution in [3.05, 3.63) is 23.2 Å². The summed E-state index contributed by atoms with van der Waals surface area (Å²) < 4.78 is 0. The highest BCUT2D eigenvalue weighted by atomic mass is 35.5. The van der Waals surface area contributed by atoms with Crippen LogP contribution in [0, 0.1) is 0 Å². The van der Waals surface area contributed by atoms with Crippen molar-refractivity contribution in [1.82, 2.24) is 9.97 Å². The van der Waals surface area contributed by atoms with Crippen molar-refractivity contribution in [2.45, 2.75) is 19.4 Å². The molecule has 2 N–H and O–H groups in total. The van der Waals surface area contributed by atoms with E-state index in [9.17, 15) is 0 Å². The van der Waals surface area contributed by atoms with Crippen LogP contribution in [-0.4, -0.2) is 16.0 Å². The fourth-order valence-electron chi connectivity index (χ4n) is 0.761. The van der Waals surface area contributed by atoms with Gasteiger partial charge in [0, 0.05) is 18.7 Å². The first kappa shape index (κ1) is 8.43. The molecule has 1 rings (SSSR count). The minimum atomic E-state index is 0.0773. The highest BCUT2D eigenvalue weighted by Gasteiger charge is 2.00. The molecule has 0 bridgehead atoms. The topological polar surface area (TPSA) is 51.8 Å². The predicted octanol–water partition coefficient (Wildman–Crippen LogP) is 1.02. The molecule has 1 aromatic heterocycles. The second-order valence-electron chi connectivity index (χ2n) is 2.48. The highest BCUT2D eigenvalue weighted by molar-refractivity contribution is 6.29. The third-order valence-electron chi connectivity index (χ3n) is 1.18. The van der Waals surface area contributed by atoms with Gasteiger partial charge in [-0.2, -0.15) is 0 Å². The van der Waals surface area contributed by atoms with Crippen LogP contribution in [0.1, 0.15) is 12.7 Å². The fourth-order valence-corrected chi connectivity index (χ4v) is 0.914. The monoisotopic (exact) mass is 171 g/mol. The number of hydrogen-bond donors (Lipinski definition) is 1. The van der Waals surface area contributed by atoms with Crippen LogP contribution in [0.15, 0.2) is 12.3 Å². The van der Waals surface area contributed by atoms with Gasteiger partial charge in [0.2, 0.25) is 0 Å². The smallest absolute Gasteiger partial charge is 0.132 e. The van der Waals surface area contributed by atoms with E-state index in [0.29, 0.717) is 17.4 Å². The maximum absolute atomic E-state index is 5.64. The first-order chi connectivity index (χ1) is 5.18. The summed E-state index contributed by atoms with van der Waals surface area (Å²) in [5.41, 5.74) is 5.55. The highest BCUT2D eigenvalue weighted by Crippen LogP contribution is 2.02. The van der Waals surface area contributed by atoms with Gasteiger partial charge in [0.05, 0.1) is 0 Å². The Morgan fingerprint density at radius 2 is 2.45 bits per heavy atom. The normalized spacial score (nSPS) is 13.0. The molecule has 1 heterocycles. The van der Waals surface area contributed by atoms with Crippen LogP contribution < -0.4 is 5.73 Å². The largest absolute Gasteiger partial charge is 0.328 e. The van der Waals surface area contributed by atoms with Crippen LogP contribution >= 0.6 is 11.6 Å².